The molecule has 0 saturated heterocycles. The van der Waals surface area contributed by atoms with Crippen molar-refractivity contribution < 1.29 is 4.79 Å². The third kappa shape index (κ3) is 3.19. The molecule has 1 aromatic rings. The minimum Gasteiger partial charge on any atom is -0.372 e. The lowest BCUT2D eigenvalue weighted by atomic mass is 10.1. The summed E-state index contributed by atoms with van der Waals surface area (Å²) in [5.41, 5.74) is 1.66. The third-order valence-electron chi connectivity index (χ3n) is 3.32. The Morgan fingerprint density at radius 3 is 2.60 bits per heavy atom. The monoisotopic (exact) mass is 315 g/mol. The van der Waals surface area contributed by atoms with E-state index < -0.39 is 0 Å². The number of anilines is 2. The molecular formula is C14H19Cl2N3O. The molecule has 1 aromatic carbocycles. The normalized spacial score (nSPS) is 18.2. The molecule has 0 aliphatic carbocycles. The van der Waals surface area contributed by atoms with Gasteiger partial charge in [-0.15, -0.1) is 0 Å². The van der Waals surface area contributed by atoms with Crippen LogP contribution in [0.1, 0.15) is 13.3 Å². The van der Waals surface area contributed by atoms with Crippen LogP contribution in [0.25, 0.3) is 0 Å². The standard InChI is InChI=1S/C14H19Cl2N3O/c1-9-14(20)19(6-4-5-18(2)3)13-8-11(16)10(15)7-12(13)17-9/h7-9,17H,4-6H2,1-3H3. The van der Waals surface area contributed by atoms with Crippen LogP contribution in [0.3, 0.4) is 0 Å². The first kappa shape index (κ1) is 15.4. The highest BCUT2D eigenvalue weighted by Gasteiger charge is 2.29. The number of hydrogen-bond acceptors (Lipinski definition) is 3. The van der Waals surface area contributed by atoms with Gasteiger partial charge in [0.25, 0.3) is 0 Å². The van der Waals surface area contributed by atoms with Crippen molar-refractivity contribution in [3.05, 3.63) is 22.2 Å². The zero-order chi connectivity index (χ0) is 14.9. The van der Waals surface area contributed by atoms with E-state index in [2.05, 4.69) is 10.2 Å². The van der Waals surface area contributed by atoms with E-state index in [0.29, 0.717) is 16.6 Å². The van der Waals surface area contributed by atoms with Crippen LogP contribution in [-0.2, 0) is 4.79 Å². The Hall–Kier alpha value is -0.970. The van der Waals surface area contributed by atoms with Gasteiger partial charge in [-0.1, -0.05) is 23.2 Å². The van der Waals surface area contributed by atoms with E-state index in [1.165, 1.54) is 0 Å². The number of nitrogens with one attached hydrogen (secondary N) is 1. The number of rotatable bonds is 4. The Morgan fingerprint density at radius 1 is 1.30 bits per heavy atom. The van der Waals surface area contributed by atoms with Gasteiger partial charge in [0.2, 0.25) is 5.91 Å². The van der Waals surface area contributed by atoms with Crippen LogP contribution >= 0.6 is 23.2 Å². The number of halogens is 2. The first-order valence-electron chi connectivity index (χ1n) is 6.62. The predicted octanol–water partition coefficient (Wildman–Crippen LogP) is 3.09. The van der Waals surface area contributed by atoms with Gasteiger partial charge in [0.15, 0.2) is 0 Å². The maximum absolute atomic E-state index is 12.3. The van der Waals surface area contributed by atoms with Gasteiger partial charge in [-0.3, -0.25) is 4.79 Å². The molecule has 110 valence electrons. The first-order chi connectivity index (χ1) is 9.40. The summed E-state index contributed by atoms with van der Waals surface area (Å²) in [4.78, 5) is 16.2. The minimum absolute atomic E-state index is 0.0645. The molecule has 0 spiro atoms. The molecule has 1 heterocycles. The Kier molecular flexibility index (Phi) is 4.78. The van der Waals surface area contributed by atoms with Crippen molar-refractivity contribution in [1.82, 2.24) is 4.90 Å². The first-order valence-corrected chi connectivity index (χ1v) is 7.37. The summed E-state index contributed by atoms with van der Waals surface area (Å²) >= 11 is 12.1. The summed E-state index contributed by atoms with van der Waals surface area (Å²) < 4.78 is 0. The molecule has 1 aliphatic heterocycles. The van der Waals surface area contributed by atoms with Crippen molar-refractivity contribution in [3.63, 3.8) is 0 Å². The molecule has 1 unspecified atom stereocenters. The molecule has 0 saturated carbocycles. The second-order valence-corrected chi connectivity index (χ2v) is 6.11. The number of carbonyl (C=O) groups excluding carboxylic acids is 1. The second-order valence-electron chi connectivity index (χ2n) is 5.30. The molecule has 6 heteroatoms. The second kappa shape index (κ2) is 6.20. The van der Waals surface area contributed by atoms with Gasteiger partial charge in [-0.25, -0.2) is 0 Å². The molecule has 1 aliphatic rings. The van der Waals surface area contributed by atoms with Crippen LogP contribution < -0.4 is 10.2 Å². The topological polar surface area (TPSA) is 35.6 Å². The quantitative estimate of drug-likeness (QED) is 0.927. The molecule has 4 nitrogen and oxygen atoms in total. The number of hydrogen-bond donors (Lipinski definition) is 1. The summed E-state index contributed by atoms with van der Waals surface area (Å²) in [6, 6.07) is 3.28. The molecule has 1 N–H and O–H groups in total. The summed E-state index contributed by atoms with van der Waals surface area (Å²) in [6.07, 6.45) is 0.908. The lowest BCUT2D eigenvalue weighted by Crippen LogP contribution is -2.46. The summed E-state index contributed by atoms with van der Waals surface area (Å²) in [7, 11) is 4.04. The van der Waals surface area contributed by atoms with Gasteiger partial charge in [0, 0.05) is 6.54 Å². The molecule has 1 atom stereocenters. The van der Waals surface area contributed by atoms with E-state index in [9.17, 15) is 4.79 Å². The fourth-order valence-corrected chi connectivity index (χ4v) is 2.62. The maximum atomic E-state index is 12.3. The Bertz CT molecular complexity index is 519. The number of fused-ring (bicyclic) bond motifs is 1. The molecule has 0 fully saturated rings. The number of carbonyl (C=O) groups is 1. The molecule has 20 heavy (non-hydrogen) atoms. The summed E-state index contributed by atoms with van der Waals surface area (Å²) in [5, 5.41) is 4.12. The van der Waals surface area contributed by atoms with Crippen LogP contribution in [0, 0.1) is 0 Å². The van der Waals surface area contributed by atoms with E-state index in [-0.39, 0.29) is 11.9 Å². The molecule has 0 bridgehead atoms. The van der Waals surface area contributed by atoms with Crippen molar-refractivity contribution in [1.29, 1.82) is 0 Å². The Morgan fingerprint density at radius 2 is 1.95 bits per heavy atom. The summed E-state index contributed by atoms with van der Waals surface area (Å²) in [5.74, 6) is 0.0645. The van der Waals surface area contributed by atoms with E-state index in [1.54, 1.807) is 17.0 Å². The van der Waals surface area contributed by atoms with Crippen molar-refractivity contribution in [2.24, 2.45) is 0 Å². The van der Waals surface area contributed by atoms with Crippen molar-refractivity contribution in [3.8, 4) is 0 Å². The Balaban J connectivity index is 2.26. The lowest BCUT2D eigenvalue weighted by molar-refractivity contribution is -0.119. The van der Waals surface area contributed by atoms with E-state index in [4.69, 9.17) is 23.2 Å². The molecule has 0 aromatic heterocycles. The number of nitrogens with zero attached hydrogens (tertiary/aromatic N) is 2. The largest absolute Gasteiger partial charge is 0.372 e. The van der Waals surface area contributed by atoms with Crippen molar-refractivity contribution in [2.45, 2.75) is 19.4 Å². The highest BCUT2D eigenvalue weighted by atomic mass is 35.5. The van der Waals surface area contributed by atoms with E-state index in [1.807, 2.05) is 21.0 Å². The van der Waals surface area contributed by atoms with Gasteiger partial charge in [-0.2, -0.15) is 0 Å². The van der Waals surface area contributed by atoms with Crippen molar-refractivity contribution >= 4 is 40.5 Å². The average Bonchev–Trinajstić information content (AvgIpc) is 2.36. The number of amides is 1. The van der Waals surface area contributed by atoms with Crippen molar-refractivity contribution in [2.75, 3.05) is 37.4 Å². The van der Waals surface area contributed by atoms with Gasteiger partial charge in [0.1, 0.15) is 6.04 Å². The lowest BCUT2D eigenvalue weighted by Gasteiger charge is -2.34. The predicted molar refractivity (Wildman–Crippen MR) is 85.1 cm³/mol. The molecule has 2 rings (SSSR count). The van der Waals surface area contributed by atoms with Gasteiger partial charge < -0.3 is 15.1 Å². The van der Waals surface area contributed by atoms with Crippen LogP contribution in [0.5, 0.6) is 0 Å². The highest BCUT2D eigenvalue weighted by molar-refractivity contribution is 6.42. The van der Waals surface area contributed by atoms with Crippen LogP contribution in [-0.4, -0.2) is 44.0 Å². The number of benzene rings is 1. The van der Waals surface area contributed by atoms with Crippen LogP contribution in [0.2, 0.25) is 10.0 Å². The van der Waals surface area contributed by atoms with Gasteiger partial charge in [-0.05, 0) is 46.1 Å². The molecule has 1 amide bonds. The smallest absolute Gasteiger partial charge is 0.249 e. The van der Waals surface area contributed by atoms with E-state index in [0.717, 1.165) is 24.3 Å². The van der Waals surface area contributed by atoms with Crippen LogP contribution in [0.15, 0.2) is 12.1 Å². The fourth-order valence-electron chi connectivity index (χ4n) is 2.30. The zero-order valence-electron chi connectivity index (χ0n) is 11.9. The Labute approximate surface area is 129 Å². The SMILES string of the molecule is CC1Nc2cc(Cl)c(Cl)cc2N(CCCN(C)C)C1=O. The molecular weight excluding hydrogens is 297 g/mol. The van der Waals surface area contributed by atoms with Gasteiger partial charge in [0.05, 0.1) is 21.4 Å². The molecule has 0 radical (unpaired) electrons. The van der Waals surface area contributed by atoms with Crippen LogP contribution in [0.4, 0.5) is 11.4 Å². The third-order valence-corrected chi connectivity index (χ3v) is 4.05. The van der Waals surface area contributed by atoms with Gasteiger partial charge >= 0.3 is 0 Å². The maximum Gasteiger partial charge on any atom is 0.249 e. The zero-order valence-corrected chi connectivity index (χ0v) is 13.4. The summed E-state index contributed by atoms with van der Waals surface area (Å²) in [6.45, 7) is 3.46. The average molecular weight is 316 g/mol. The highest BCUT2D eigenvalue weighted by Crippen LogP contribution is 2.38. The minimum atomic E-state index is -0.251. The fraction of sp³-hybridized carbons (Fsp3) is 0.500. The van der Waals surface area contributed by atoms with E-state index >= 15 is 0 Å².